The molecule has 71 valence electrons. The van der Waals surface area contributed by atoms with Gasteiger partial charge >= 0.3 is 0 Å². The van der Waals surface area contributed by atoms with Gasteiger partial charge in [0.1, 0.15) is 11.4 Å². The number of para-hydroxylation sites is 1. The van der Waals surface area contributed by atoms with E-state index >= 15 is 0 Å². The first-order valence-electron chi connectivity index (χ1n) is 4.11. The Morgan fingerprint density at radius 1 is 1.38 bits per heavy atom. The highest BCUT2D eigenvalue weighted by Gasteiger charge is 2.19. The third-order valence-corrected chi connectivity index (χ3v) is 2.24. The first-order valence-corrected chi connectivity index (χ1v) is 4.64. The minimum atomic E-state index is -0.418. The number of rotatable bonds is 3. The van der Waals surface area contributed by atoms with Crippen LogP contribution >= 0.6 is 11.6 Å². The Morgan fingerprint density at radius 2 is 2.00 bits per heavy atom. The van der Waals surface area contributed by atoms with Gasteiger partial charge in [-0.2, -0.15) is 0 Å². The first-order chi connectivity index (χ1) is 6.05. The summed E-state index contributed by atoms with van der Waals surface area (Å²) >= 11 is 5.71. The Kier molecular flexibility index (Phi) is 3.04. The molecule has 0 fully saturated rings. The lowest BCUT2D eigenvalue weighted by Crippen LogP contribution is -2.30. The van der Waals surface area contributed by atoms with E-state index in [1.807, 2.05) is 26.0 Å². The van der Waals surface area contributed by atoms with Crippen molar-refractivity contribution in [2.45, 2.75) is 19.4 Å². The molecule has 13 heavy (non-hydrogen) atoms. The Hall–Kier alpha value is -0.890. The number of ether oxygens (including phenoxy) is 1. The monoisotopic (exact) mass is 198 g/mol. The van der Waals surface area contributed by atoms with Gasteiger partial charge < -0.3 is 4.74 Å². The van der Waals surface area contributed by atoms with Crippen molar-refractivity contribution in [1.29, 1.82) is 0 Å². The van der Waals surface area contributed by atoms with Crippen molar-refractivity contribution >= 4 is 17.3 Å². The van der Waals surface area contributed by atoms with E-state index in [1.165, 1.54) is 0 Å². The summed E-state index contributed by atoms with van der Waals surface area (Å²) in [5.41, 5.74) is 7.53. The zero-order chi connectivity index (χ0) is 9.90. The molecule has 0 atom stereocenters. The zero-order valence-corrected chi connectivity index (χ0v) is 8.56. The Bertz CT molecular complexity index is 286. The van der Waals surface area contributed by atoms with E-state index in [2.05, 4.69) is 0 Å². The molecule has 0 unspecified atom stereocenters. The van der Waals surface area contributed by atoms with Crippen LogP contribution in [0.4, 0.5) is 5.69 Å². The van der Waals surface area contributed by atoms with Gasteiger partial charge in [0, 0.05) is 0 Å². The van der Waals surface area contributed by atoms with Gasteiger partial charge in [-0.3, -0.25) is 5.73 Å². The van der Waals surface area contributed by atoms with E-state index in [1.54, 1.807) is 12.1 Å². The quantitative estimate of drug-likeness (QED) is 0.688. The third kappa shape index (κ3) is 2.81. The van der Waals surface area contributed by atoms with Crippen molar-refractivity contribution in [3.8, 4) is 5.75 Å². The molecule has 1 radical (unpaired) electrons. The SMILES string of the molecule is CC(C)(CCl)Oc1ccccc1[NH]. The number of halogens is 1. The van der Waals surface area contributed by atoms with Gasteiger partial charge in [0.2, 0.25) is 0 Å². The van der Waals surface area contributed by atoms with Gasteiger partial charge in [-0.15, -0.1) is 11.6 Å². The standard InChI is InChI=1S/C10H13ClNO/c1-10(2,7-11)13-9-6-4-3-5-8(9)12/h3-6,12H,7H2,1-2H3. The fourth-order valence-electron chi connectivity index (χ4n) is 0.881. The van der Waals surface area contributed by atoms with Gasteiger partial charge in [0.05, 0.1) is 11.6 Å². The molecule has 0 aliphatic rings. The van der Waals surface area contributed by atoms with Crippen molar-refractivity contribution in [2.24, 2.45) is 0 Å². The van der Waals surface area contributed by atoms with Crippen LogP contribution in [-0.2, 0) is 0 Å². The minimum absolute atomic E-state index is 0.390. The predicted octanol–water partition coefficient (Wildman–Crippen LogP) is 3.00. The Morgan fingerprint density at radius 3 is 2.54 bits per heavy atom. The molecule has 3 heteroatoms. The smallest absolute Gasteiger partial charge is 0.145 e. The van der Waals surface area contributed by atoms with Crippen LogP contribution < -0.4 is 10.5 Å². The van der Waals surface area contributed by atoms with Crippen LogP contribution in [0.5, 0.6) is 5.75 Å². The summed E-state index contributed by atoms with van der Waals surface area (Å²) in [6.07, 6.45) is 0. The Labute approximate surface area is 83.6 Å². The van der Waals surface area contributed by atoms with Gasteiger partial charge in [-0.05, 0) is 26.0 Å². The van der Waals surface area contributed by atoms with Crippen molar-refractivity contribution in [3.63, 3.8) is 0 Å². The molecule has 0 bridgehead atoms. The number of benzene rings is 1. The third-order valence-electron chi connectivity index (χ3n) is 1.60. The lowest BCUT2D eigenvalue weighted by atomic mass is 10.2. The predicted molar refractivity (Wildman–Crippen MR) is 54.6 cm³/mol. The van der Waals surface area contributed by atoms with Crippen LogP contribution in [0.2, 0.25) is 0 Å². The van der Waals surface area contributed by atoms with Crippen LogP contribution in [0.3, 0.4) is 0 Å². The molecule has 0 aliphatic heterocycles. The average Bonchev–Trinajstić information content (AvgIpc) is 2.09. The van der Waals surface area contributed by atoms with Crippen molar-refractivity contribution in [3.05, 3.63) is 24.3 Å². The molecule has 0 aliphatic carbocycles. The van der Waals surface area contributed by atoms with E-state index in [0.717, 1.165) is 0 Å². The second-order valence-corrected chi connectivity index (χ2v) is 3.76. The largest absolute Gasteiger partial charge is 0.484 e. The van der Waals surface area contributed by atoms with Gasteiger partial charge in [0.25, 0.3) is 0 Å². The highest BCUT2D eigenvalue weighted by atomic mass is 35.5. The number of nitrogens with one attached hydrogen (secondary N) is 1. The van der Waals surface area contributed by atoms with E-state index in [9.17, 15) is 0 Å². The van der Waals surface area contributed by atoms with Gasteiger partial charge in [-0.25, -0.2) is 0 Å². The molecule has 1 aromatic carbocycles. The molecule has 0 heterocycles. The second kappa shape index (κ2) is 3.88. The lowest BCUT2D eigenvalue weighted by Gasteiger charge is -2.24. The van der Waals surface area contributed by atoms with Crippen LogP contribution in [-0.4, -0.2) is 11.5 Å². The fourth-order valence-corrected chi connectivity index (χ4v) is 0.935. The summed E-state index contributed by atoms with van der Waals surface area (Å²) in [6.45, 7) is 3.79. The summed E-state index contributed by atoms with van der Waals surface area (Å²) in [5, 5.41) is 0. The number of alkyl halides is 1. The molecule has 1 aromatic rings. The maximum absolute atomic E-state index is 7.56. The van der Waals surface area contributed by atoms with Crippen molar-refractivity contribution in [1.82, 2.24) is 5.73 Å². The molecule has 1 rings (SSSR count). The normalized spacial score (nSPS) is 11.3. The van der Waals surface area contributed by atoms with Crippen LogP contribution in [0.25, 0.3) is 0 Å². The molecule has 0 amide bonds. The van der Waals surface area contributed by atoms with E-state index in [-0.39, 0.29) is 0 Å². The maximum Gasteiger partial charge on any atom is 0.145 e. The summed E-state index contributed by atoms with van der Waals surface area (Å²) in [5.74, 6) is 0.981. The highest BCUT2D eigenvalue weighted by molar-refractivity contribution is 6.18. The highest BCUT2D eigenvalue weighted by Crippen LogP contribution is 2.26. The molecule has 0 spiro atoms. The first kappa shape index (κ1) is 10.2. The van der Waals surface area contributed by atoms with Crippen molar-refractivity contribution < 1.29 is 4.74 Å². The second-order valence-electron chi connectivity index (χ2n) is 3.49. The topological polar surface area (TPSA) is 33.0 Å². The van der Waals surface area contributed by atoms with Crippen LogP contribution in [0.1, 0.15) is 13.8 Å². The van der Waals surface area contributed by atoms with Gasteiger partial charge in [0.15, 0.2) is 0 Å². The molecule has 1 N–H and O–H groups in total. The van der Waals surface area contributed by atoms with Crippen LogP contribution in [0.15, 0.2) is 24.3 Å². The fraction of sp³-hybridized carbons (Fsp3) is 0.400. The zero-order valence-electron chi connectivity index (χ0n) is 7.80. The Balaban J connectivity index is 2.80. The van der Waals surface area contributed by atoms with Crippen molar-refractivity contribution in [2.75, 3.05) is 5.88 Å². The maximum atomic E-state index is 7.56. The molecule has 2 nitrogen and oxygen atoms in total. The van der Waals surface area contributed by atoms with Crippen LogP contribution in [0, 0.1) is 0 Å². The summed E-state index contributed by atoms with van der Waals surface area (Å²) in [6, 6.07) is 7.12. The lowest BCUT2D eigenvalue weighted by molar-refractivity contribution is 0.135. The number of hydrogen-bond acceptors (Lipinski definition) is 1. The van der Waals surface area contributed by atoms with E-state index < -0.39 is 5.60 Å². The molecular formula is C10H13ClNO. The average molecular weight is 199 g/mol. The van der Waals surface area contributed by atoms with E-state index in [0.29, 0.717) is 17.3 Å². The molecule has 0 saturated carbocycles. The minimum Gasteiger partial charge on any atom is -0.484 e. The molecular weight excluding hydrogens is 186 g/mol. The van der Waals surface area contributed by atoms with Gasteiger partial charge in [-0.1, -0.05) is 12.1 Å². The summed E-state index contributed by atoms with van der Waals surface area (Å²) in [4.78, 5) is 0. The molecule has 0 aromatic heterocycles. The number of hydrogen-bond donors (Lipinski definition) is 0. The van der Waals surface area contributed by atoms with E-state index in [4.69, 9.17) is 22.1 Å². The summed E-state index contributed by atoms with van der Waals surface area (Å²) in [7, 11) is 0. The summed E-state index contributed by atoms with van der Waals surface area (Å²) < 4.78 is 5.56. The molecule has 0 saturated heterocycles.